The Morgan fingerprint density at radius 3 is 2.47 bits per heavy atom. The summed E-state index contributed by atoms with van der Waals surface area (Å²) in [6.45, 7) is 6.99. The number of nitrogens with one attached hydrogen (secondary N) is 1. The number of hydrogen-bond acceptors (Lipinski definition) is 2. The van der Waals surface area contributed by atoms with Crippen LogP contribution in [0.1, 0.15) is 26.3 Å². The Labute approximate surface area is 95.6 Å². The molecule has 2 rings (SSSR count). The number of benzene rings is 1. The van der Waals surface area contributed by atoms with Crippen LogP contribution in [0, 0.1) is 0 Å². The maximum absolute atomic E-state index is 6.17. The molecule has 0 radical (unpaired) electrons. The average Bonchev–Trinajstić information content (AvgIpc) is 2.42. The first-order valence-electron chi connectivity index (χ1n) is 5.13. The van der Waals surface area contributed by atoms with E-state index in [-0.39, 0.29) is 5.60 Å². The van der Waals surface area contributed by atoms with E-state index in [1.807, 2.05) is 31.2 Å². The molecule has 1 saturated heterocycles. The predicted octanol–water partition coefficient (Wildman–Crippen LogP) is 2.91. The summed E-state index contributed by atoms with van der Waals surface area (Å²) in [7, 11) is 0. The van der Waals surface area contributed by atoms with Gasteiger partial charge in [-0.25, -0.2) is 0 Å². The third kappa shape index (κ3) is 2.03. The van der Waals surface area contributed by atoms with Crippen LogP contribution >= 0.6 is 11.6 Å². The van der Waals surface area contributed by atoms with Crippen molar-refractivity contribution in [3.8, 4) is 0 Å². The topological polar surface area (TPSA) is 21.3 Å². The van der Waals surface area contributed by atoms with Crippen molar-refractivity contribution in [1.82, 2.24) is 5.32 Å². The molecular weight excluding hydrogens is 210 g/mol. The minimum absolute atomic E-state index is 0.145. The molecule has 15 heavy (non-hydrogen) atoms. The molecule has 2 nitrogen and oxygen atoms in total. The average molecular weight is 226 g/mol. The zero-order chi connectivity index (χ0) is 11.1. The molecule has 1 fully saturated rings. The van der Waals surface area contributed by atoms with Crippen LogP contribution in [0.4, 0.5) is 0 Å². The van der Waals surface area contributed by atoms with E-state index in [9.17, 15) is 0 Å². The predicted molar refractivity (Wildman–Crippen MR) is 62.0 cm³/mol. The Morgan fingerprint density at radius 2 is 1.93 bits per heavy atom. The van der Waals surface area contributed by atoms with Crippen molar-refractivity contribution in [3.63, 3.8) is 0 Å². The third-order valence-corrected chi connectivity index (χ3v) is 3.05. The smallest absolute Gasteiger partial charge is 0.144 e. The third-order valence-electron chi connectivity index (χ3n) is 2.72. The second-order valence-electron chi connectivity index (χ2n) is 4.73. The van der Waals surface area contributed by atoms with Crippen molar-refractivity contribution in [2.24, 2.45) is 0 Å². The van der Waals surface area contributed by atoms with Gasteiger partial charge in [0.2, 0.25) is 0 Å². The highest BCUT2D eigenvalue weighted by atomic mass is 35.5. The van der Waals surface area contributed by atoms with Crippen molar-refractivity contribution in [1.29, 1.82) is 0 Å². The summed E-state index contributed by atoms with van der Waals surface area (Å²) in [5.41, 5.74) is 0.382. The van der Waals surface area contributed by atoms with Gasteiger partial charge < -0.3 is 4.74 Å². The molecule has 1 aliphatic heterocycles. The highest BCUT2D eigenvalue weighted by molar-refractivity contribution is 6.31. The normalized spacial score (nSPS) is 29.3. The van der Waals surface area contributed by atoms with Gasteiger partial charge >= 0.3 is 0 Å². The van der Waals surface area contributed by atoms with Crippen molar-refractivity contribution < 1.29 is 4.74 Å². The highest BCUT2D eigenvalue weighted by Gasteiger charge is 2.42. The van der Waals surface area contributed by atoms with E-state index in [0.717, 1.165) is 17.1 Å². The molecule has 0 spiro atoms. The fraction of sp³-hybridized carbons (Fsp3) is 0.500. The molecule has 1 aromatic carbocycles. The molecule has 1 aliphatic rings. The van der Waals surface area contributed by atoms with Gasteiger partial charge in [0.15, 0.2) is 0 Å². The van der Waals surface area contributed by atoms with Crippen LogP contribution < -0.4 is 5.32 Å². The molecule has 1 N–H and O–H groups in total. The van der Waals surface area contributed by atoms with Crippen molar-refractivity contribution in [2.45, 2.75) is 32.1 Å². The second-order valence-corrected chi connectivity index (χ2v) is 5.14. The van der Waals surface area contributed by atoms with Crippen LogP contribution in [-0.4, -0.2) is 12.1 Å². The Kier molecular flexibility index (Phi) is 2.53. The Hall–Kier alpha value is -0.570. The summed E-state index contributed by atoms with van der Waals surface area (Å²) in [6.07, 6.45) is 0. The van der Waals surface area contributed by atoms with Gasteiger partial charge in [-0.15, -0.1) is 0 Å². The van der Waals surface area contributed by atoms with E-state index in [1.54, 1.807) is 0 Å². The van der Waals surface area contributed by atoms with Gasteiger partial charge in [-0.2, -0.15) is 0 Å². The van der Waals surface area contributed by atoms with Crippen LogP contribution in [0.2, 0.25) is 5.02 Å². The molecule has 1 atom stereocenters. The second kappa shape index (κ2) is 3.48. The van der Waals surface area contributed by atoms with Gasteiger partial charge in [0, 0.05) is 17.1 Å². The Bertz CT molecular complexity index is 378. The Balaban J connectivity index is 2.36. The van der Waals surface area contributed by atoms with E-state index < -0.39 is 5.72 Å². The molecule has 1 unspecified atom stereocenters. The molecule has 0 saturated carbocycles. The number of hydrogen-bond donors (Lipinski definition) is 1. The summed E-state index contributed by atoms with van der Waals surface area (Å²) < 4.78 is 6.01. The van der Waals surface area contributed by atoms with Gasteiger partial charge in [-0.05, 0) is 26.8 Å². The first kappa shape index (κ1) is 10.9. The molecule has 3 heteroatoms. The van der Waals surface area contributed by atoms with E-state index >= 15 is 0 Å². The largest absolute Gasteiger partial charge is 0.349 e. The number of ether oxygens (including phenoxy) is 1. The number of halogens is 1. The zero-order valence-corrected chi connectivity index (χ0v) is 10.1. The minimum atomic E-state index is -0.470. The zero-order valence-electron chi connectivity index (χ0n) is 9.30. The first-order chi connectivity index (χ1) is 6.93. The van der Waals surface area contributed by atoms with Gasteiger partial charge in [-0.1, -0.05) is 29.8 Å². The number of rotatable bonds is 1. The van der Waals surface area contributed by atoms with Crippen molar-refractivity contribution >= 4 is 11.6 Å². The van der Waals surface area contributed by atoms with Gasteiger partial charge in [0.25, 0.3) is 0 Å². The van der Waals surface area contributed by atoms with Crippen molar-refractivity contribution in [2.75, 3.05) is 6.54 Å². The van der Waals surface area contributed by atoms with Crippen LogP contribution in [0.5, 0.6) is 0 Å². The van der Waals surface area contributed by atoms with E-state index in [1.165, 1.54) is 0 Å². The molecule has 0 aliphatic carbocycles. The van der Waals surface area contributed by atoms with Gasteiger partial charge in [0.05, 0.1) is 5.60 Å². The lowest BCUT2D eigenvalue weighted by Gasteiger charge is -2.28. The maximum Gasteiger partial charge on any atom is 0.144 e. The van der Waals surface area contributed by atoms with Gasteiger partial charge in [-0.3, -0.25) is 5.32 Å². The van der Waals surface area contributed by atoms with Crippen LogP contribution in [0.15, 0.2) is 24.3 Å². The minimum Gasteiger partial charge on any atom is -0.349 e. The molecular formula is C12H16ClNO. The maximum atomic E-state index is 6.17. The van der Waals surface area contributed by atoms with E-state index in [4.69, 9.17) is 16.3 Å². The SMILES string of the molecule is CC1(C)CNC(C)(c2ccccc2Cl)O1. The quantitative estimate of drug-likeness (QED) is 0.794. The fourth-order valence-electron chi connectivity index (χ4n) is 2.00. The van der Waals surface area contributed by atoms with Crippen LogP contribution in [0.25, 0.3) is 0 Å². The highest BCUT2D eigenvalue weighted by Crippen LogP contribution is 2.36. The van der Waals surface area contributed by atoms with E-state index in [0.29, 0.717) is 0 Å². The summed E-state index contributed by atoms with van der Waals surface area (Å²) in [5, 5.41) is 4.11. The summed E-state index contributed by atoms with van der Waals surface area (Å²) in [4.78, 5) is 0. The molecule has 1 aromatic rings. The molecule has 0 amide bonds. The molecule has 0 aromatic heterocycles. The lowest BCUT2D eigenvalue weighted by molar-refractivity contribution is -0.0838. The van der Waals surface area contributed by atoms with Crippen LogP contribution in [-0.2, 0) is 10.5 Å². The molecule has 0 bridgehead atoms. The molecule has 82 valence electrons. The van der Waals surface area contributed by atoms with Crippen molar-refractivity contribution in [3.05, 3.63) is 34.9 Å². The molecule has 1 heterocycles. The Morgan fingerprint density at radius 1 is 1.27 bits per heavy atom. The van der Waals surface area contributed by atoms with Crippen LogP contribution in [0.3, 0.4) is 0 Å². The first-order valence-corrected chi connectivity index (χ1v) is 5.51. The lowest BCUT2D eigenvalue weighted by atomic mass is 10.1. The standard InChI is InChI=1S/C12H16ClNO/c1-11(2)8-14-12(3,15-11)9-6-4-5-7-10(9)13/h4-7,14H,8H2,1-3H3. The monoisotopic (exact) mass is 225 g/mol. The summed E-state index contributed by atoms with van der Waals surface area (Å²) in [5.74, 6) is 0. The lowest BCUT2D eigenvalue weighted by Crippen LogP contribution is -2.34. The van der Waals surface area contributed by atoms with E-state index in [2.05, 4.69) is 19.2 Å². The summed E-state index contributed by atoms with van der Waals surface area (Å²) >= 11 is 6.17. The fourth-order valence-corrected chi connectivity index (χ4v) is 2.32. The summed E-state index contributed by atoms with van der Waals surface area (Å²) in [6, 6.07) is 7.79. The van der Waals surface area contributed by atoms with Gasteiger partial charge in [0.1, 0.15) is 5.72 Å².